The Morgan fingerprint density at radius 2 is 1.90 bits per heavy atom. The monoisotopic (exact) mass is 423 g/mol. The Balaban J connectivity index is 1.81. The molecule has 1 aromatic carbocycles. The van der Waals surface area contributed by atoms with E-state index in [0.717, 1.165) is 30.0 Å². The van der Waals surface area contributed by atoms with E-state index in [2.05, 4.69) is 5.32 Å². The van der Waals surface area contributed by atoms with Gasteiger partial charge in [0.1, 0.15) is 5.75 Å². The van der Waals surface area contributed by atoms with E-state index in [1.807, 2.05) is 6.92 Å². The Labute approximate surface area is 172 Å². The lowest BCUT2D eigenvalue weighted by Crippen LogP contribution is -2.41. The Kier molecular flexibility index (Phi) is 6.48. The van der Waals surface area contributed by atoms with Crippen molar-refractivity contribution in [2.45, 2.75) is 57.0 Å². The van der Waals surface area contributed by atoms with Crippen molar-refractivity contribution in [1.29, 1.82) is 0 Å². The molecule has 3 rings (SSSR count). The van der Waals surface area contributed by atoms with Gasteiger partial charge in [-0.1, -0.05) is 19.8 Å². The number of hydrogen-bond acceptors (Lipinski definition) is 5. The molecule has 160 valence electrons. The number of rotatable bonds is 5. The van der Waals surface area contributed by atoms with Crippen LogP contribution in [0.2, 0.25) is 0 Å². The molecular formula is C20H29N3O5S. The molecule has 2 aliphatic heterocycles. The summed E-state index contributed by atoms with van der Waals surface area (Å²) >= 11 is 0. The number of hydrogen-bond donors (Lipinski definition) is 1. The Morgan fingerprint density at radius 1 is 1.24 bits per heavy atom. The quantitative estimate of drug-likeness (QED) is 0.783. The number of anilines is 1. The predicted molar refractivity (Wildman–Crippen MR) is 109 cm³/mol. The molecule has 9 heteroatoms. The van der Waals surface area contributed by atoms with Crippen LogP contribution >= 0.6 is 0 Å². The highest BCUT2D eigenvalue weighted by Gasteiger charge is 2.31. The molecule has 0 saturated carbocycles. The van der Waals surface area contributed by atoms with Crippen LogP contribution in [0.15, 0.2) is 17.0 Å². The summed E-state index contributed by atoms with van der Waals surface area (Å²) < 4.78 is 33.1. The van der Waals surface area contributed by atoms with Crippen molar-refractivity contribution < 1.29 is 22.7 Å². The number of benzene rings is 1. The molecule has 1 saturated heterocycles. The van der Waals surface area contributed by atoms with Crippen LogP contribution in [0.5, 0.6) is 5.75 Å². The average Bonchev–Trinajstić information content (AvgIpc) is 2.96. The third-order valence-corrected chi connectivity index (χ3v) is 7.42. The first-order valence-electron chi connectivity index (χ1n) is 10.1. The Bertz CT molecular complexity index is 892. The standard InChI is InChI=1S/C20H29N3O5S/c1-4-16-20(25)21-15-11-14(2)18(12-17(15)28-16)29(26,27)22(3)13-19(24)23-9-7-5-6-8-10-23/h11-12,16H,4-10,13H2,1-3H3,(H,21,25)/t16-/m0/s1. The van der Waals surface area contributed by atoms with Crippen LogP contribution in [0.25, 0.3) is 0 Å². The van der Waals surface area contributed by atoms with Gasteiger partial charge in [-0.25, -0.2) is 8.42 Å². The summed E-state index contributed by atoms with van der Waals surface area (Å²) in [5.74, 6) is -0.0915. The van der Waals surface area contributed by atoms with E-state index in [0.29, 0.717) is 36.5 Å². The topological polar surface area (TPSA) is 96.0 Å². The molecule has 2 aliphatic rings. The maximum atomic E-state index is 13.2. The highest BCUT2D eigenvalue weighted by Crippen LogP contribution is 2.35. The molecule has 0 unspecified atom stereocenters. The molecule has 1 N–H and O–H groups in total. The number of likely N-dealkylation sites (N-methyl/N-ethyl adjacent to an activating group) is 1. The van der Waals surface area contributed by atoms with Crippen LogP contribution in [0, 0.1) is 6.92 Å². The largest absolute Gasteiger partial charge is 0.478 e. The molecule has 1 aromatic rings. The summed E-state index contributed by atoms with van der Waals surface area (Å²) in [7, 11) is -2.47. The maximum absolute atomic E-state index is 13.2. The Hall–Kier alpha value is -2.13. The molecule has 0 aromatic heterocycles. The number of likely N-dealkylation sites (tertiary alicyclic amines) is 1. The van der Waals surface area contributed by atoms with E-state index in [4.69, 9.17) is 4.74 Å². The lowest BCUT2D eigenvalue weighted by atomic mass is 10.1. The van der Waals surface area contributed by atoms with Gasteiger partial charge in [0.15, 0.2) is 6.10 Å². The summed E-state index contributed by atoms with van der Waals surface area (Å²) in [6, 6.07) is 3.03. The van der Waals surface area contributed by atoms with E-state index < -0.39 is 16.1 Å². The maximum Gasteiger partial charge on any atom is 0.265 e. The fourth-order valence-electron chi connectivity index (χ4n) is 3.69. The van der Waals surface area contributed by atoms with Gasteiger partial charge >= 0.3 is 0 Å². The highest BCUT2D eigenvalue weighted by molar-refractivity contribution is 7.89. The van der Waals surface area contributed by atoms with Crippen LogP contribution in [-0.2, 0) is 19.6 Å². The molecule has 0 aliphatic carbocycles. The first-order chi connectivity index (χ1) is 13.7. The smallest absolute Gasteiger partial charge is 0.265 e. The lowest BCUT2D eigenvalue weighted by molar-refractivity contribution is -0.131. The molecule has 1 fully saturated rings. The number of ether oxygens (including phenoxy) is 1. The van der Waals surface area contributed by atoms with Crippen LogP contribution in [-0.4, -0.2) is 62.2 Å². The normalized spacial score (nSPS) is 19.9. The number of carbonyl (C=O) groups excluding carboxylic acids is 2. The molecule has 29 heavy (non-hydrogen) atoms. The molecule has 2 heterocycles. The van der Waals surface area contributed by atoms with Crippen molar-refractivity contribution in [3.63, 3.8) is 0 Å². The van der Waals surface area contributed by atoms with E-state index in [-0.39, 0.29) is 23.3 Å². The third kappa shape index (κ3) is 4.56. The van der Waals surface area contributed by atoms with Gasteiger partial charge in [0.2, 0.25) is 15.9 Å². The number of amides is 2. The third-order valence-electron chi connectivity index (χ3n) is 5.47. The van der Waals surface area contributed by atoms with Crippen molar-refractivity contribution in [2.75, 3.05) is 32.0 Å². The van der Waals surface area contributed by atoms with Gasteiger partial charge < -0.3 is 15.0 Å². The summed E-state index contributed by atoms with van der Waals surface area (Å²) in [4.78, 5) is 26.4. The van der Waals surface area contributed by atoms with Crippen molar-refractivity contribution in [3.05, 3.63) is 17.7 Å². The van der Waals surface area contributed by atoms with Crippen LogP contribution in [0.3, 0.4) is 0 Å². The second-order valence-corrected chi connectivity index (χ2v) is 9.69. The summed E-state index contributed by atoms with van der Waals surface area (Å²) in [5.41, 5.74) is 0.941. The molecule has 0 bridgehead atoms. The second kappa shape index (κ2) is 8.71. The van der Waals surface area contributed by atoms with Gasteiger partial charge in [-0.15, -0.1) is 0 Å². The minimum atomic E-state index is -3.89. The number of nitrogens with zero attached hydrogens (tertiary/aromatic N) is 2. The van der Waals surface area contributed by atoms with Crippen molar-refractivity contribution >= 4 is 27.5 Å². The molecular weight excluding hydrogens is 394 g/mol. The number of aryl methyl sites for hydroxylation is 1. The van der Waals surface area contributed by atoms with E-state index in [1.54, 1.807) is 17.9 Å². The van der Waals surface area contributed by atoms with Crippen molar-refractivity contribution in [3.8, 4) is 5.75 Å². The predicted octanol–water partition coefficient (Wildman–Crippen LogP) is 2.13. The first kappa shape index (κ1) is 21.6. The summed E-state index contributed by atoms with van der Waals surface area (Å²) in [6.07, 6.45) is 3.93. The number of sulfonamides is 1. The summed E-state index contributed by atoms with van der Waals surface area (Å²) in [6.45, 7) is 4.64. The molecule has 8 nitrogen and oxygen atoms in total. The van der Waals surface area contributed by atoms with Gasteiger partial charge in [-0.3, -0.25) is 9.59 Å². The molecule has 0 radical (unpaired) electrons. The van der Waals surface area contributed by atoms with Gasteiger partial charge in [0.05, 0.1) is 17.1 Å². The highest BCUT2D eigenvalue weighted by atomic mass is 32.2. The van der Waals surface area contributed by atoms with Crippen LogP contribution < -0.4 is 10.1 Å². The molecule has 2 amide bonds. The number of nitrogens with one attached hydrogen (secondary N) is 1. The number of fused-ring (bicyclic) bond motifs is 1. The van der Waals surface area contributed by atoms with Crippen LogP contribution in [0.1, 0.15) is 44.6 Å². The van der Waals surface area contributed by atoms with Gasteiger partial charge in [-0.2, -0.15) is 4.31 Å². The van der Waals surface area contributed by atoms with E-state index in [1.165, 1.54) is 13.1 Å². The van der Waals surface area contributed by atoms with Crippen LogP contribution in [0.4, 0.5) is 5.69 Å². The first-order valence-corrected chi connectivity index (χ1v) is 11.5. The van der Waals surface area contributed by atoms with Gasteiger partial charge in [-0.05, 0) is 37.8 Å². The summed E-state index contributed by atoms with van der Waals surface area (Å²) in [5, 5.41) is 2.76. The lowest BCUT2D eigenvalue weighted by Gasteiger charge is -2.27. The second-order valence-electron chi connectivity index (χ2n) is 7.67. The van der Waals surface area contributed by atoms with Crippen molar-refractivity contribution in [2.24, 2.45) is 0 Å². The minimum absolute atomic E-state index is 0.0772. The van der Waals surface area contributed by atoms with Gasteiger partial charge in [0, 0.05) is 26.2 Å². The van der Waals surface area contributed by atoms with E-state index >= 15 is 0 Å². The van der Waals surface area contributed by atoms with Gasteiger partial charge in [0.25, 0.3) is 5.91 Å². The average molecular weight is 424 g/mol. The number of carbonyl (C=O) groups is 2. The zero-order valence-corrected chi connectivity index (χ0v) is 18.0. The Morgan fingerprint density at radius 3 is 2.52 bits per heavy atom. The van der Waals surface area contributed by atoms with Crippen molar-refractivity contribution in [1.82, 2.24) is 9.21 Å². The SMILES string of the molecule is CC[C@@H]1Oc2cc(S(=O)(=O)N(C)CC(=O)N3CCCCCC3)c(C)cc2NC1=O. The minimum Gasteiger partial charge on any atom is -0.478 e. The fourth-order valence-corrected chi connectivity index (χ4v) is 5.03. The van der Waals surface area contributed by atoms with E-state index in [9.17, 15) is 18.0 Å². The zero-order valence-electron chi connectivity index (χ0n) is 17.2. The zero-order chi connectivity index (χ0) is 21.2. The molecule has 1 atom stereocenters. The molecule has 0 spiro atoms. The fraction of sp³-hybridized carbons (Fsp3) is 0.600.